The molecule has 2 aromatic heterocycles. The van der Waals surface area contributed by atoms with Crippen LogP contribution in [0.2, 0.25) is 0 Å². The van der Waals surface area contributed by atoms with Gasteiger partial charge in [-0.05, 0) is 42.7 Å². The molecule has 3 aromatic rings. The average molecular weight is 548 g/mol. The molecule has 0 saturated heterocycles. The van der Waals surface area contributed by atoms with Crippen LogP contribution < -0.4 is 20.1 Å². The highest BCUT2D eigenvalue weighted by molar-refractivity contribution is 14.0. The van der Waals surface area contributed by atoms with Gasteiger partial charge in [0.15, 0.2) is 28.9 Å². The van der Waals surface area contributed by atoms with Crippen molar-refractivity contribution < 1.29 is 9.47 Å². The van der Waals surface area contributed by atoms with Gasteiger partial charge < -0.3 is 20.1 Å². The van der Waals surface area contributed by atoms with Gasteiger partial charge in [-0.1, -0.05) is 31.4 Å². The van der Waals surface area contributed by atoms with E-state index in [2.05, 4.69) is 38.0 Å². The van der Waals surface area contributed by atoms with E-state index in [0.29, 0.717) is 13.3 Å². The number of hydrogen-bond acceptors (Lipinski definition) is 5. The number of benzene rings is 1. The largest absolute Gasteiger partial charge is 0.454 e. The van der Waals surface area contributed by atoms with Crippen molar-refractivity contribution in [3.8, 4) is 11.5 Å². The number of aromatic nitrogens is 3. The maximum absolute atomic E-state index is 5.64. The lowest BCUT2D eigenvalue weighted by molar-refractivity contribution is 0.174. The molecule has 0 radical (unpaired) electrons. The van der Waals surface area contributed by atoms with Crippen LogP contribution in [-0.4, -0.2) is 40.9 Å². The minimum absolute atomic E-state index is 0. The Morgan fingerprint density at radius 1 is 1.06 bits per heavy atom. The number of ether oxygens (including phenoxy) is 2. The third-order valence-electron chi connectivity index (χ3n) is 6.41. The molecule has 9 heteroatoms. The van der Waals surface area contributed by atoms with Crippen molar-refractivity contribution in [1.29, 1.82) is 0 Å². The minimum atomic E-state index is 0. The van der Waals surface area contributed by atoms with Crippen molar-refractivity contribution >= 4 is 35.6 Å². The van der Waals surface area contributed by atoms with Gasteiger partial charge in [-0.15, -0.1) is 34.2 Å². The lowest BCUT2D eigenvalue weighted by atomic mass is 9.69. The zero-order valence-electron chi connectivity index (χ0n) is 18.2. The first kappa shape index (κ1) is 22.6. The summed E-state index contributed by atoms with van der Waals surface area (Å²) >= 11 is 0. The van der Waals surface area contributed by atoms with Crippen molar-refractivity contribution in [2.45, 2.75) is 44.1 Å². The second-order valence-electron chi connectivity index (χ2n) is 8.23. The van der Waals surface area contributed by atoms with Gasteiger partial charge in [-0.3, -0.25) is 9.39 Å². The van der Waals surface area contributed by atoms with Gasteiger partial charge in [0.05, 0.1) is 6.54 Å². The number of nitrogens with one attached hydrogen (secondary N) is 2. The Bertz CT molecular complexity index is 1090. The van der Waals surface area contributed by atoms with E-state index < -0.39 is 0 Å². The summed E-state index contributed by atoms with van der Waals surface area (Å²) in [6.45, 7) is 1.66. The maximum Gasteiger partial charge on any atom is 0.231 e. The van der Waals surface area contributed by atoms with E-state index in [9.17, 15) is 0 Å². The summed E-state index contributed by atoms with van der Waals surface area (Å²) < 4.78 is 13.1. The van der Waals surface area contributed by atoms with Gasteiger partial charge in [0.1, 0.15) is 0 Å². The Balaban J connectivity index is 0.00000245. The first-order chi connectivity index (χ1) is 15.3. The first-order valence-electron chi connectivity index (χ1n) is 10.9. The normalized spacial score (nSPS) is 17.1. The van der Waals surface area contributed by atoms with E-state index in [1.165, 1.54) is 24.8 Å². The summed E-state index contributed by atoms with van der Waals surface area (Å²) in [5.74, 6) is 3.30. The lowest BCUT2D eigenvalue weighted by Gasteiger charge is -2.38. The lowest BCUT2D eigenvalue weighted by Crippen LogP contribution is -2.46. The molecule has 0 atom stereocenters. The molecule has 0 amide bonds. The van der Waals surface area contributed by atoms with Crippen molar-refractivity contribution in [1.82, 2.24) is 25.2 Å². The maximum atomic E-state index is 5.64. The first-order valence-corrected chi connectivity index (χ1v) is 10.9. The number of nitrogens with zero attached hydrogens (tertiary/aromatic N) is 4. The Labute approximate surface area is 204 Å². The number of pyridine rings is 1. The quantitative estimate of drug-likeness (QED) is 0.288. The monoisotopic (exact) mass is 548 g/mol. The summed E-state index contributed by atoms with van der Waals surface area (Å²) in [4.78, 5) is 4.43. The van der Waals surface area contributed by atoms with Crippen LogP contribution in [0.3, 0.4) is 0 Å². The summed E-state index contributed by atoms with van der Waals surface area (Å²) in [7, 11) is 1.80. The number of hydrogen-bond donors (Lipinski definition) is 2. The second-order valence-corrected chi connectivity index (χ2v) is 8.23. The van der Waals surface area contributed by atoms with Crippen molar-refractivity contribution in [3.05, 3.63) is 54.0 Å². The van der Waals surface area contributed by atoms with Crippen LogP contribution in [0.25, 0.3) is 5.65 Å². The van der Waals surface area contributed by atoms with Gasteiger partial charge in [-0.25, -0.2) is 0 Å². The minimum Gasteiger partial charge on any atom is -0.454 e. The number of rotatable bonds is 5. The molecule has 0 unspecified atom stereocenters. The molecule has 0 bridgehead atoms. The number of fused-ring (bicyclic) bond motifs is 2. The Hall–Kier alpha value is -2.56. The van der Waals surface area contributed by atoms with E-state index in [1.54, 1.807) is 7.05 Å². The third kappa shape index (κ3) is 4.48. The molecule has 1 aromatic carbocycles. The van der Waals surface area contributed by atoms with Gasteiger partial charge in [0, 0.05) is 25.2 Å². The van der Waals surface area contributed by atoms with Crippen LogP contribution in [0.15, 0.2) is 47.6 Å². The fourth-order valence-corrected chi connectivity index (χ4v) is 4.67. The highest BCUT2D eigenvalue weighted by atomic mass is 127. The molecule has 170 valence electrons. The third-order valence-corrected chi connectivity index (χ3v) is 6.41. The van der Waals surface area contributed by atoms with Crippen LogP contribution in [0, 0.1) is 0 Å². The number of aliphatic imine (C=N–C) groups is 1. The van der Waals surface area contributed by atoms with Gasteiger partial charge in [0.25, 0.3) is 0 Å². The molecular formula is C23H29IN6O2. The van der Waals surface area contributed by atoms with Crippen molar-refractivity contribution in [2.75, 3.05) is 20.4 Å². The molecule has 1 fully saturated rings. The van der Waals surface area contributed by atoms with Crippen LogP contribution in [0.1, 0.15) is 43.5 Å². The second kappa shape index (κ2) is 9.93. The zero-order valence-corrected chi connectivity index (χ0v) is 20.5. The zero-order chi connectivity index (χ0) is 21.1. The van der Waals surface area contributed by atoms with Crippen LogP contribution >= 0.6 is 24.0 Å². The summed E-state index contributed by atoms with van der Waals surface area (Å²) in [6.07, 6.45) is 8.01. The molecule has 32 heavy (non-hydrogen) atoms. The van der Waals surface area contributed by atoms with E-state index in [1.807, 2.05) is 34.9 Å². The van der Waals surface area contributed by atoms with Crippen LogP contribution in [0.4, 0.5) is 0 Å². The summed E-state index contributed by atoms with van der Waals surface area (Å²) in [5.41, 5.74) is 2.20. The molecule has 0 spiro atoms. The van der Waals surface area contributed by atoms with Crippen molar-refractivity contribution in [2.24, 2.45) is 4.99 Å². The van der Waals surface area contributed by atoms with E-state index in [-0.39, 0.29) is 29.4 Å². The molecule has 1 saturated carbocycles. The summed E-state index contributed by atoms with van der Waals surface area (Å²) in [5, 5.41) is 15.5. The topological polar surface area (TPSA) is 85.1 Å². The molecule has 2 aliphatic rings. The predicted molar refractivity (Wildman–Crippen MR) is 134 cm³/mol. The van der Waals surface area contributed by atoms with Crippen LogP contribution in [-0.2, 0) is 12.0 Å². The number of guanidine groups is 1. The fraction of sp³-hybridized carbons (Fsp3) is 0.435. The molecule has 2 N–H and O–H groups in total. The smallest absolute Gasteiger partial charge is 0.231 e. The Kier molecular flexibility index (Phi) is 7.02. The molecule has 1 aliphatic heterocycles. The fourth-order valence-electron chi connectivity index (χ4n) is 4.67. The summed E-state index contributed by atoms with van der Waals surface area (Å²) in [6, 6.07) is 12.3. The molecule has 8 nitrogen and oxygen atoms in total. The predicted octanol–water partition coefficient (Wildman–Crippen LogP) is 3.64. The highest BCUT2D eigenvalue weighted by Crippen LogP contribution is 2.43. The van der Waals surface area contributed by atoms with Crippen molar-refractivity contribution in [3.63, 3.8) is 0 Å². The van der Waals surface area contributed by atoms with E-state index in [0.717, 1.165) is 48.3 Å². The van der Waals surface area contributed by atoms with E-state index in [4.69, 9.17) is 9.47 Å². The van der Waals surface area contributed by atoms with Gasteiger partial charge in [-0.2, -0.15) is 0 Å². The molecule has 3 heterocycles. The Morgan fingerprint density at radius 3 is 2.75 bits per heavy atom. The average Bonchev–Trinajstić information content (AvgIpc) is 3.46. The van der Waals surface area contributed by atoms with Gasteiger partial charge >= 0.3 is 0 Å². The van der Waals surface area contributed by atoms with Crippen LogP contribution in [0.5, 0.6) is 11.5 Å². The molecular weight excluding hydrogens is 519 g/mol. The molecule has 5 rings (SSSR count). The van der Waals surface area contributed by atoms with Gasteiger partial charge in [0.2, 0.25) is 6.79 Å². The number of halogens is 1. The molecule has 1 aliphatic carbocycles. The van der Waals surface area contributed by atoms with E-state index >= 15 is 0 Å². The highest BCUT2D eigenvalue weighted by Gasteiger charge is 2.35. The SMILES string of the molecule is CN=C(NCc1nnc2ccccn12)NCC1(c2ccc3c(c2)OCO3)CCCCC1.I. The standard InChI is InChI=1S/C23H28N6O2.HI/c1-24-22(25-14-21-28-27-20-7-3-6-12-29(20)21)26-15-23(10-4-2-5-11-23)17-8-9-18-19(13-17)31-16-30-18;/h3,6-9,12-13H,2,4-5,10-11,14-16H2,1H3,(H2,24,25,26);1H. The Morgan fingerprint density at radius 2 is 1.91 bits per heavy atom.